The second-order valence-corrected chi connectivity index (χ2v) is 4.17. The molecule has 1 rings (SSSR count). The summed E-state index contributed by atoms with van der Waals surface area (Å²) in [6.07, 6.45) is 2.96. The zero-order chi connectivity index (χ0) is 12.8. The number of carbonyl (C=O) groups is 1. The first-order chi connectivity index (χ1) is 7.99. The van der Waals surface area contributed by atoms with Crippen molar-refractivity contribution in [1.82, 2.24) is 14.9 Å². The third-order valence-electron chi connectivity index (χ3n) is 2.11. The molecule has 1 N–H and O–H groups in total. The molecule has 0 atom stereocenters. The lowest BCUT2D eigenvalue weighted by molar-refractivity contribution is -0.389. The average Bonchev–Trinajstić information content (AvgIpc) is 2.72. The third kappa shape index (κ3) is 4.62. The summed E-state index contributed by atoms with van der Waals surface area (Å²) in [5.41, 5.74) is 0. The van der Waals surface area contributed by atoms with Crippen molar-refractivity contribution in [3.8, 4) is 0 Å². The highest BCUT2D eigenvalue weighted by Crippen LogP contribution is 2.05. The minimum atomic E-state index is -0.560. The zero-order valence-corrected chi connectivity index (χ0v) is 9.92. The summed E-state index contributed by atoms with van der Waals surface area (Å²) in [7, 11) is 0. The Balaban J connectivity index is 2.34. The lowest BCUT2D eigenvalue weighted by atomic mass is 10.2. The summed E-state index contributed by atoms with van der Waals surface area (Å²) in [4.78, 5) is 24.8. The largest absolute Gasteiger partial charge is 0.381 e. The molecule has 1 heterocycles. The van der Waals surface area contributed by atoms with Gasteiger partial charge in [-0.15, -0.1) is 0 Å². The van der Waals surface area contributed by atoms with Crippen molar-refractivity contribution >= 4 is 11.7 Å². The fourth-order valence-corrected chi connectivity index (χ4v) is 1.20. The molecular formula is C10H16N4O3. The van der Waals surface area contributed by atoms with Gasteiger partial charge in [-0.2, -0.15) is 0 Å². The van der Waals surface area contributed by atoms with E-state index >= 15 is 0 Å². The number of aryl methyl sites for hydroxylation is 1. The van der Waals surface area contributed by atoms with Crippen LogP contribution in [0.5, 0.6) is 0 Å². The molecule has 17 heavy (non-hydrogen) atoms. The summed E-state index contributed by atoms with van der Waals surface area (Å²) in [6, 6.07) is 0. The number of nitrogens with one attached hydrogen (secondary N) is 1. The van der Waals surface area contributed by atoms with E-state index in [1.807, 2.05) is 13.8 Å². The molecule has 7 heteroatoms. The maximum absolute atomic E-state index is 11.4. The minimum absolute atomic E-state index is 0.0601. The van der Waals surface area contributed by atoms with Gasteiger partial charge in [0.15, 0.2) is 0 Å². The Bertz CT molecular complexity index is 400. The molecule has 0 aliphatic rings. The molecule has 0 unspecified atom stereocenters. The molecule has 1 aromatic rings. The highest BCUT2D eigenvalue weighted by molar-refractivity contribution is 5.75. The molecule has 94 valence electrons. The van der Waals surface area contributed by atoms with Gasteiger partial charge in [0.2, 0.25) is 12.2 Å². The summed E-state index contributed by atoms with van der Waals surface area (Å²) in [6.45, 7) is 5.06. The summed E-state index contributed by atoms with van der Waals surface area (Å²) in [5.74, 6) is 0.149. The topological polar surface area (TPSA) is 90.1 Å². The molecule has 0 aliphatic carbocycles. The number of carbonyl (C=O) groups excluding carboxylic acids is 1. The Labute approximate surface area is 99.0 Å². The third-order valence-corrected chi connectivity index (χ3v) is 2.11. The number of nitro groups is 1. The van der Waals surface area contributed by atoms with E-state index in [9.17, 15) is 14.9 Å². The Kier molecular flexibility index (Phi) is 4.62. The van der Waals surface area contributed by atoms with Gasteiger partial charge >= 0.3 is 5.82 Å². The van der Waals surface area contributed by atoms with E-state index in [2.05, 4.69) is 10.3 Å². The molecule has 0 radical (unpaired) electrons. The van der Waals surface area contributed by atoms with Gasteiger partial charge in [-0.1, -0.05) is 13.8 Å². The maximum Gasteiger partial charge on any atom is 0.381 e. The van der Waals surface area contributed by atoms with E-state index in [0.29, 0.717) is 25.4 Å². The normalized spacial score (nSPS) is 10.5. The van der Waals surface area contributed by atoms with E-state index in [4.69, 9.17) is 0 Å². The zero-order valence-electron chi connectivity index (χ0n) is 9.92. The molecule has 0 aromatic carbocycles. The fourth-order valence-electron chi connectivity index (χ4n) is 1.20. The van der Waals surface area contributed by atoms with Crippen LogP contribution in [0.4, 0.5) is 5.82 Å². The number of rotatable bonds is 6. The van der Waals surface area contributed by atoms with Crippen LogP contribution in [0.15, 0.2) is 12.5 Å². The molecular weight excluding hydrogens is 224 g/mol. The monoisotopic (exact) mass is 240 g/mol. The first kappa shape index (κ1) is 13.1. The molecule has 0 spiro atoms. The van der Waals surface area contributed by atoms with Gasteiger partial charge in [0.05, 0.1) is 0 Å². The van der Waals surface area contributed by atoms with Crippen LogP contribution in [0.2, 0.25) is 0 Å². The molecule has 7 nitrogen and oxygen atoms in total. The van der Waals surface area contributed by atoms with Crippen molar-refractivity contribution in [3.63, 3.8) is 0 Å². The first-order valence-electron chi connectivity index (χ1n) is 5.42. The van der Waals surface area contributed by atoms with Crippen LogP contribution in [0.25, 0.3) is 0 Å². The highest BCUT2D eigenvalue weighted by Gasteiger charge is 2.10. The first-order valence-corrected chi connectivity index (χ1v) is 5.42. The maximum atomic E-state index is 11.4. The summed E-state index contributed by atoms with van der Waals surface area (Å²) in [5, 5.41) is 13.2. The van der Waals surface area contributed by atoms with Crippen molar-refractivity contribution in [2.24, 2.45) is 5.92 Å². The van der Waals surface area contributed by atoms with Gasteiger partial charge in [0.25, 0.3) is 0 Å². The average molecular weight is 240 g/mol. The van der Waals surface area contributed by atoms with Crippen LogP contribution in [-0.4, -0.2) is 26.9 Å². The van der Waals surface area contributed by atoms with Crippen molar-refractivity contribution < 1.29 is 9.72 Å². The predicted octanol–water partition coefficient (Wildman–Crippen LogP) is 0.954. The molecule has 1 amide bonds. The molecule has 1 aromatic heterocycles. The lowest BCUT2D eigenvalue weighted by Crippen LogP contribution is -2.27. The van der Waals surface area contributed by atoms with E-state index in [0.717, 1.165) is 0 Å². The van der Waals surface area contributed by atoms with Crippen molar-refractivity contribution in [2.45, 2.75) is 26.8 Å². The van der Waals surface area contributed by atoms with Crippen molar-refractivity contribution in [3.05, 3.63) is 22.6 Å². The number of hydrogen-bond acceptors (Lipinski definition) is 4. The number of imidazole rings is 1. The smallest absolute Gasteiger partial charge is 0.358 e. The van der Waals surface area contributed by atoms with Gasteiger partial charge in [0.1, 0.15) is 6.20 Å². The number of amides is 1. The van der Waals surface area contributed by atoms with Crippen LogP contribution < -0.4 is 5.32 Å². The Morgan fingerprint density at radius 1 is 1.65 bits per heavy atom. The Hall–Kier alpha value is -1.92. The highest BCUT2D eigenvalue weighted by atomic mass is 16.6. The summed E-state index contributed by atoms with van der Waals surface area (Å²) >= 11 is 0. The van der Waals surface area contributed by atoms with Crippen LogP contribution in [0.1, 0.15) is 20.3 Å². The predicted molar refractivity (Wildman–Crippen MR) is 61.3 cm³/mol. The van der Waals surface area contributed by atoms with Crippen molar-refractivity contribution in [2.75, 3.05) is 6.54 Å². The van der Waals surface area contributed by atoms with Crippen LogP contribution in [0, 0.1) is 16.0 Å². The molecule has 0 aliphatic heterocycles. The number of aromatic nitrogens is 2. The van der Waals surface area contributed by atoms with Crippen LogP contribution >= 0.6 is 0 Å². The molecule has 0 saturated heterocycles. The van der Waals surface area contributed by atoms with Crippen LogP contribution in [-0.2, 0) is 11.3 Å². The minimum Gasteiger partial charge on any atom is -0.358 e. The Morgan fingerprint density at radius 2 is 2.35 bits per heavy atom. The fraction of sp³-hybridized carbons (Fsp3) is 0.600. The summed E-state index contributed by atoms with van der Waals surface area (Å²) < 4.78 is 1.53. The van der Waals surface area contributed by atoms with Gasteiger partial charge in [0, 0.05) is 19.5 Å². The van der Waals surface area contributed by atoms with E-state index in [1.165, 1.54) is 17.1 Å². The van der Waals surface area contributed by atoms with Gasteiger partial charge in [-0.3, -0.25) is 4.79 Å². The quantitative estimate of drug-likeness (QED) is 0.592. The van der Waals surface area contributed by atoms with E-state index in [-0.39, 0.29) is 11.7 Å². The molecule has 0 fully saturated rings. The van der Waals surface area contributed by atoms with Crippen molar-refractivity contribution in [1.29, 1.82) is 0 Å². The number of hydrogen-bond donors (Lipinski definition) is 1. The molecule has 0 bridgehead atoms. The Morgan fingerprint density at radius 3 is 2.88 bits per heavy atom. The van der Waals surface area contributed by atoms with Gasteiger partial charge in [-0.05, 0) is 15.8 Å². The van der Waals surface area contributed by atoms with Gasteiger partial charge < -0.3 is 20.0 Å². The van der Waals surface area contributed by atoms with Crippen LogP contribution in [0.3, 0.4) is 0 Å². The standard InChI is InChI=1S/C10H16N4O3/c1-8(2)5-11-10(15)3-4-13-6-9(12-7-13)14(16)17/h6-8H,3-5H2,1-2H3,(H,11,15). The lowest BCUT2D eigenvalue weighted by Gasteiger charge is -2.07. The second kappa shape index (κ2) is 5.97. The van der Waals surface area contributed by atoms with Gasteiger partial charge in [-0.25, -0.2) is 0 Å². The second-order valence-electron chi connectivity index (χ2n) is 4.17. The molecule has 0 saturated carbocycles. The van der Waals surface area contributed by atoms with E-state index < -0.39 is 4.92 Å². The SMILES string of the molecule is CC(C)CNC(=O)CCn1cnc([N+](=O)[O-])c1. The van der Waals surface area contributed by atoms with E-state index in [1.54, 1.807) is 0 Å². The number of nitrogens with zero attached hydrogens (tertiary/aromatic N) is 3.